The highest BCUT2D eigenvalue weighted by Gasteiger charge is 2.37. The van der Waals surface area contributed by atoms with Crippen LogP contribution in [-0.4, -0.2) is 31.7 Å². The average molecular weight is 457 g/mol. The van der Waals surface area contributed by atoms with Gasteiger partial charge in [0.05, 0.1) is 35.2 Å². The number of H-pyrrole nitrogens is 1. The molecular formula is C19H17ClF4N6O. The van der Waals surface area contributed by atoms with Crippen LogP contribution in [0.4, 0.5) is 23.2 Å². The molecule has 0 bridgehead atoms. The van der Waals surface area contributed by atoms with Gasteiger partial charge in [-0.15, -0.1) is 5.10 Å². The van der Waals surface area contributed by atoms with Crippen LogP contribution >= 0.6 is 11.6 Å². The number of hydrogen-bond acceptors (Lipinski definition) is 5. The van der Waals surface area contributed by atoms with E-state index in [9.17, 15) is 22.4 Å². The molecule has 1 aromatic carbocycles. The Morgan fingerprint density at radius 3 is 2.77 bits per heavy atom. The van der Waals surface area contributed by atoms with Crippen molar-refractivity contribution in [2.75, 3.05) is 11.4 Å². The number of anilines is 1. The van der Waals surface area contributed by atoms with E-state index in [-0.39, 0.29) is 16.6 Å². The number of aromatic nitrogens is 5. The maximum Gasteiger partial charge on any atom is 0.416 e. The van der Waals surface area contributed by atoms with E-state index in [0.717, 1.165) is 12.1 Å². The molecule has 0 amide bonds. The van der Waals surface area contributed by atoms with Crippen molar-refractivity contribution in [3.63, 3.8) is 0 Å². The Hall–Kier alpha value is -2.95. The standard InChI is InChI=1S/C19H17ClF4N6O/c1-9(12-4-3-11(21)7-13(12)19(22,23)24)30-14-5-6-29(10(2)17(14)26-28-30)15-8-25-27-18(31)16(15)20/h3-4,7-10H,5-6H2,1-2H3,(H,27,31)/t9?,10-/m0/s1. The zero-order valence-corrected chi connectivity index (χ0v) is 17.2. The van der Waals surface area contributed by atoms with Crippen LogP contribution in [0.25, 0.3) is 0 Å². The van der Waals surface area contributed by atoms with Crippen molar-refractivity contribution in [3.05, 3.63) is 68.1 Å². The molecule has 12 heteroatoms. The highest BCUT2D eigenvalue weighted by molar-refractivity contribution is 6.33. The van der Waals surface area contributed by atoms with Gasteiger partial charge in [-0.2, -0.15) is 18.3 Å². The second-order valence-corrected chi connectivity index (χ2v) is 7.67. The Morgan fingerprint density at radius 1 is 1.32 bits per heavy atom. The summed E-state index contributed by atoms with van der Waals surface area (Å²) in [7, 11) is 0. The van der Waals surface area contributed by atoms with Crippen LogP contribution in [0.15, 0.2) is 29.2 Å². The fraction of sp³-hybridized carbons (Fsp3) is 0.368. The Kier molecular flexibility index (Phi) is 5.24. The van der Waals surface area contributed by atoms with Crippen LogP contribution in [-0.2, 0) is 12.6 Å². The summed E-state index contributed by atoms with van der Waals surface area (Å²) in [5.41, 5.74) is -0.00292. The molecule has 2 atom stereocenters. The molecule has 0 spiro atoms. The molecule has 0 saturated carbocycles. The van der Waals surface area contributed by atoms with Gasteiger partial charge in [-0.05, 0) is 31.5 Å². The fourth-order valence-electron chi connectivity index (χ4n) is 3.95. The number of hydrogen-bond donors (Lipinski definition) is 1. The van der Waals surface area contributed by atoms with Crippen molar-refractivity contribution in [1.29, 1.82) is 0 Å². The van der Waals surface area contributed by atoms with Gasteiger partial charge in [0.15, 0.2) is 0 Å². The van der Waals surface area contributed by atoms with Crippen molar-refractivity contribution in [1.82, 2.24) is 25.2 Å². The van der Waals surface area contributed by atoms with Gasteiger partial charge in [0.2, 0.25) is 0 Å². The lowest BCUT2D eigenvalue weighted by molar-refractivity contribution is -0.138. The molecule has 0 saturated heterocycles. The van der Waals surface area contributed by atoms with E-state index in [1.54, 1.807) is 6.92 Å². The first-order chi connectivity index (χ1) is 14.6. The number of halogens is 5. The van der Waals surface area contributed by atoms with Crippen molar-refractivity contribution in [3.8, 4) is 0 Å². The largest absolute Gasteiger partial charge is 0.416 e. The third-order valence-electron chi connectivity index (χ3n) is 5.50. The molecule has 1 aliphatic rings. The molecule has 3 heterocycles. The first-order valence-corrected chi connectivity index (χ1v) is 9.77. The Bertz CT molecular complexity index is 1190. The van der Waals surface area contributed by atoms with E-state index in [0.29, 0.717) is 36.1 Å². The summed E-state index contributed by atoms with van der Waals surface area (Å²) < 4.78 is 55.4. The van der Waals surface area contributed by atoms with Crippen LogP contribution in [0.1, 0.15) is 48.4 Å². The topological polar surface area (TPSA) is 79.7 Å². The molecule has 0 fully saturated rings. The SMILES string of the molecule is CC(c1ccc(F)cc1C(F)(F)F)n1nnc2c1CCN(c1cn[nH]c(=O)c1Cl)[C@H]2C. The van der Waals surface area contributed by atoms with Crippen molar-refractivity contribution in [2.45, 2.75) is 38.5 Å². The molecule has 0 radical (unpaired) electrons. The Morgan fingerprint density at radius 2 is 2.06 bits per heavy atom. The number of nitrogens with zero attached hydrogens (tertiary/aromatic N) is 5. The number of aromatic amines is 1. The molecule has 7 nitrogen and oxygen atoms in total. The van der Waals surface area contributed by atoms with Crippen LogP contribution in [0.3, 0.4) is 0 Å². The summed E-state index contributed by atoms with van der Waals surface area (Å²) in [5.74, 6) is -0.962. The Labute approximate surface area is 178 Å². The predicted molar refractivity (Wildman–Crippen MR) is 105 cm³/mol. The quantitative estimate of drug-likeness (QED) is 0.605. The third-order valence-corrected chi connectivity index (χ3v) is 5.86. The highest BCUT2D eigenvalue weighted by atomic mass is 35.5. The normalized spacial score (nSPS) is 17.5. The zero-order chi connectivity index (χ0) is 22.5. The lowest BCUT2D eigenvalue weighted by Gasteiger charge is -2.35. The molecule has 1 aliphatic heterocycles. The molecule has 3 aromatic rings. The maximum atomic E-state index is 13.5. The minimum Gasteiger partial charge on any atom is -0.360 e. The average Bonchev–Trinajstić information content (AvgIpc) is 3.14. The molecular weight excluding hydrogens is 440 g/mol. The first-order valence-electron chi connectivity index (χ1n) is 9.40. The van der Waals surface area contributed by atoms with E-state index in [4.69, 9.17) is 11.6 Å². The van der Waals surface area contributed by atoms with E-state index < -0.39 is 29.2 Å². The van der Waals surface area contributed by atoms with Gasteiger partial charge < -0.3 is 4.90 Å². The van der Waals surface area contributed by atoms with E-state index in [1.807, 2.05) is 11.8 Å². The minimum atomic E-state index is -4.71. The van der Waals surface area contributed by atoms with Gasteiger partial charge in [0.1, 0.15) is 16.5 Å². The molecule has 1 unspecified atom stereocenters. The van der Waals surface area contributed by atoms with Crippen LogP contribution in [0.2, 0.25) is 5.02 Å². The minimum absolute atomic E-state index is 0.00723. The molecule has 2 aromatic heterocycles. The summed E-state index contributed by atoms with van der Waals surface area (Å²) in [5, 5.41) is 14.3. The first kappa shape index (κ1) is 21.3. The van der Waals surface area contributed by atoms with E-state index in [1.165, 1.54) is 10.9 Å². The predicted octanol–water partition coefficient (Wildman–Crippen LogP) is 3.91. The number of alkyl halides is 3. The molecule has 1 N–H and O–H groups in total. The van der Waals surface area contributed by atoms with Gasteiger partial charge in [-0.1, -0.05) is 22.9 Å². The van der Waals surface area contributed by atoms with Gasteiger partial charge in [0, 0.05) is 13.0 Å². The lowest BCUT2D eigenvalue weighted by atomic mass is 9.99. The number of nitrogens with one attached hydrogen (secondary N) is 1. The lowest BCUT2D eigenvalue weighted by Crippen LogP contribution is -2.36. The van der Waals surface area contributed by atoms with Crippen LogP contribution in [0, 0.1) is 5.82 Å². The second-order valence-electron chi connectivity index (χ2n) is 7.29. The Balaban J connectivity index is 1.72. The summed E-state index contributed by atoms with van der Waals surface area (Å²) in [4.78, 5) is 13.6. The molecule has 31 heavy (non-hydrogen) atoms. The number of fused-ring (bicyclic) bond motifs is 1. The van der Waals surface area contributed by atoms with Gasteiger partial charge in [-0.25, -0.2) is 14.2 Å². The van der Waals surface area contributed by atoms with Gasteiger partial charge >= 0.3 is 6.18 Å². The van der Waals surface area contributed by atoms with Crippen molar-refractivity contribution < 1.29 is 17.6 Å². The zero-order valence-electron chi connectivity index (χ0n) is 16.4. The monoisotopic (exact) mass is 456 g/mol. The summed E-state index contributed by atoms with van der Waals surface area (Å²) in [6, 6.07) is 1.44. The van der Waals surface area contributed by atoms with Crippen LogP contribution < -0.4 is 10.5 Å². The van der Waals surface area contributed by atoms with Crippen molar-refractivity contribution >= 4 is 17.3 Å². The number of rotatable bonds is 3. The number of benzene rings is 1. The molecule has 4 rings (SSSR count). The third kappa shape index (κ3) is 3.67. The van der Waals surface area contributed by atoms with E-state index >= 15 is 0 Å². The summed E-state index contributed by atoms with van der Waals surface area (Å²) in [6.07, 6.45) is -2.87. The van der Waals surface area contributed by atoms with Crippen LogP contribution in [0.5, 0.6) is 0 Å². The second kappa shape index (κ2) is 7.63. The van der Waals surface area contributed by atoms with Gasteiger partial charge in [0.25, 0.3) is 5.56 Å². The smallest absolute Gasteiger partial charge is 0.360 e. The molecule has 164 valence electrons. The maximum absolute atomic E-state index is 13.5. The highest BCUT2D eigenvalue weighted by Crippen LogP contribution is 2.39. The van der Waals surface area contributed by atoms with Crippen molar-refractivity contribution in [2.24, 2.45) is 0 Å². The fourth-order valence-corrected chi connectivity index (χ4v) is 4.14. The summed E-state index contributed by atoms with van der Waals surface area (Å²) >= 11 is 6.12. The van der Waals surface area contributed by atoms with Gasteiger partial charge in [-0.3, -0.25) is 4.79 Å². The summed E-state index contributed by atoms with van der Waals surface area (Å²) in [6.45, 7) is 3.82. The molecule has 0 aliphatic carbocycles. The van der Waals surface area contributed by atoms with E-state index in [2.05, 4.69) is 20.5 Å².